The molecule has 0 spiro atoms. The van der Waals surface area contributed by atoms with Gasteiger partial charge in [0, 0.05) is 6.07 Å². The van der Waals surface area contributed by atoms with Gasteiger partial charge in [-0.25, -0.2) is 4.98 Å². The van der Waals surface area contributed by atoms with Crippen LogP contribution in [0.2, 0.25) is 0 Å². The predicted octanol–water partition coefficient (Wildman–Crippen LogP) is 5.51. The van der Waals surface area contributed by atoms with Crippen molar-refractivity contribution in [3.63, 3.8) is 0 Å². The molecule has 0 atom stereocenters. The van der Waals surface area contributed by atoms with Gasteiger partial charge in [0.1, 0.15) is 23.9 Å². The molecule has 2 heterocycles. The van der Waals surface area contributed by atoms with Crippen LogP contribution in [0.25, 0.3) is 11.0 Å². The summed E-state index contributed by atoms with van der Waals surface area (Å²) in [6, 6.07) is 12.5. The Bertz CT molecular complexity index is 985. The highest BCUT2D eigenvalue weighted by Crippen LogP contribution is 2.25. The van der Waals surface area contributed by atoms with Crippen LogP contribution in [0.15, 0.2) is 36.4 Å². The van der Waals surface area contributed by atoms with Crippen molar-refractivity contribution in [2.24, 2.45) is 0 Å². The van der Waals surface area contributed by atoms with Crippen molar-refractivity contribution in [1.82, 2.24) is 14.5 Å². The molecule has 5 heteroatoms. The maximum atomic E-state index is 6.24. The molecule has 1 aromatic heterocycles. The van der Waals surface area contributed by atoms with E-state index < -0.39 is 0 Å². The summed E-state index contributed by atoms with van der Waals surface area (Å²) in [5.41, 5.74) is 4.52. The Hall–Kier alpha value is -2.53. The van der Waals surface area contributed by atoms with Crippen molar-refractivity contribution >= 4 is 11.0 Å². The molecule has 1 aliphatic rings. The van der Waals surface area contributed by atoms with Crippen molar-refractivity contribution in [2.45, 2.75) is 59.5 Å². The second-order valence-electron chi connectivity index (χ2n) is 8.58. The van der Waals surface area contributed by atoms with Crippen LogP contribution in [0, 0.1) is 13.8 Å². The highest BCUT2D eigenvalue weighted by molar-refractivity contribution is 5.77. The number of fused-ring (bicyclic) bond motifs is 1. The van der Waals surface area contributed by atoms with E-state index in [0.29, 0.717) is 6.61 Å². The number of ether oxygens (including phenoxy) is 2. The van der Waals surface area contributed by atoms with Crippen LogP contribution in [-0.4, -0.2) is 40.8 Å². The molecular weight excluding hydrogens is 386 g/mol. The SMILES string of the molecule is CCCOc1ccc2nc(CN3CCCCC3)n(CCOc3c(C)cccc3C)c2c1. The molecule has 5 nitrogen and oxygen atoms in total. The van der Waals surface area contributed by atoms with Crippen LogP contribution in [0.5, 0.6) is 11.5 Å². The standard InChI is InChI=1S/C26H35N3O2/c1-4-16-30-22-11-12-23-24(18-22)29(25(27-23)19-28-13-6-5-7-14-28)15-17-31-26-20(2)9-8-10-21(26)3/h8-12,18H,4-7,13-17,19H2,1-3H3. The zero-order valence-electron chi connectivity index (χ0n) is 19.2. The molecule has 2 aromatic carbocycles. The van der Waals surface area contributed by atoms with Crippen LogP contribution in [0.3, 0.4) is 0 Å². The summed E-state index contributed by atoms with van der Waals surface area (Å²) in [7, 11) is 0. The van der Waals surface area contributed by atoms with Gasteiger partial charge in [0.25, 0.3) is 0 Å². The number of likely N-dealkylation sites (tertiary alicyclic amines) is 1. The third-order valence-electron chi connectivity index (χ3n) is 6.06. The van der Waals surface area contributed by atoms with E-state index in [9.17, 15) is 0 Å². The molecule has 0 radical (unpaired) electrons. The van der Waals surface area contributed by atoms with E-state index in [1.165, 1.54) is 30.4 Å². The first-order chi connectivity index (χ1) is 15.2. The zero-order chi connectivity index (χ0) is 21.6. The maximum absolute atomic E-state index is 6.24. The van der Waals surface area contributed by atoms with Gasteiger partial charge in [-0.05, 0) is 69.5 Å². The molecule has 0 saturated carbocycles. The first-order valence-electron chi connectivity index (χ1n) is 11.7. The first-order valence-corrected chi connectivity index (χ1v) is 11.7. The quantitative estimate of drug-likeness (QED) is 0.457. The van der Waals surface area contributed by atoms with Crippen LogP contribution >= 0.6 is 0 Å². The topological polar surface area (TPSA) is 39.5 Å². The zero-order valence-corrected chi connectivity index (χ0v) is 19.2. The number of piperidine rings is 1. The molecule has 166 valence electrons. The third kappa shape index (κ3) is 5.21. The summed E-state index contributed by atoms with van der Waals surface area (Å²) in [6.45, 7) is 11.7. The fourth-order valence-corrected chi connectivity index (χ4v) is 4.42. The monoisotopic (exact) mass is 421 g/mol. The minimum atomic E-state index is 0.615. The highest BCUT2D eigenvalue weighted by Gasteiger charge is 2.17. The Morgan fingerprint density at radius 1 is 0.935 bits per heavy atom. The molecule has 0 unspecified atom stereocenters. The van der Waals surface area contributed by atoms with Crippen molar-refractivity contribution in [2.75, 3.05) is 26.3 Å². The molecule has 1 saturated heterocycles. The molecule has 0 bridgehead atoms. The Kier molecular flexibility index (Phi) is 7.13. The number of nitrogens with zero attached hydrogens (tertiary/aromatic N) is 3. The number of imidazole rings is 1. The number of rotatable bonds is 9. The molecule has 31 heavy (non-hydrogen) atoms. The Labute approximate surface area is 186 Å². The minimum Gasteiger partial charge on any atom is -0.494 e. The average Bonchev–Trinajstić information content (AvgIpc) is 3.11. The summed E-state index contributed by atoms with van der Waals surface area (Å²) in [5.74, 6) is 3.03. The number of hydrogen-bond acceptors (Lipinski definition) is 4. The number of benzene rings is 2. The van der Waals surface area contributed by atoms with Crippen LogP contribution in [0.1, 0.15) is 49.6 Å². The fourth-order valence-electron chi connectivity index (χ4n) is 4.42. The molecule has 0 N–H and O–H groups in total. The number of aromatic nitrogens is 2. The van der Waals surface area contributed by atoms with Gasteiger partial charge in [-0.15, -0.1) is 0 Å². The Morgan fingerprint density at radius 2 is 1.71 bits per heavy atom. The molecule has 4 rings (SSSR count). The Balaban J connectivity index is 1.58. The first kappa shape index (κ1) is 21.7. The van der Waals surface area contributed by atoms with E-state index in [0.717, 1.165) is 67.6 Å². The molecular formula is C26H35N3O2. The lowest BCUT2D eigenvalue weighted by molar-refractivity contribution is 0.211. The molecule has 0 aliphatic carbocycles. The van der Waals surface area contributed by atoms with E-state index in [1.807, 2.05) is 6.07 Å². The summed E-state index contributed by atoms with van der Waals surface area (Å²) in [6.07, 6.45) is 4.91. The molecule has 1 aliphatic heterocycles. The van der Waals surface area contributed by atoms with Crippen LogP contribution in [-0.2, 0) is 13.1 Å². The van der Waals surface area contributed by atoms with E-state index in [-0.39, 0.29) is 0 Å². The van der Waals surface area contributed by atoms with Gasteiger partial charge in [0.05, 0.1) is 30.7 Å². The lowest BCUT2D eigenvalue weighted by Crippen LogP contribution is -2.30. The summed E-state index contributed by atoms with van der Waals surface area (Å²) in [5, 5.41) is 0. The second-order valence-corrected chi connectivity index (χ2v) is 8.58. The van der Waals surface area contributed by atoms with Crippen molar-refractivity contribution in [3.05, 3.63) is 53.3 Å². The summed E-state index contributed by atoms with van der Waals surface area (Å²) < 4.78 is 14.5. The number of para-hydroxylation sites is 1. The lowest BCUT2D eigenvalue weighted by Gasteiger charge is -2.26. The van der Waals surface area contributed by atoms with Crippen molar-refractivity contribution in [1.29, 1.82) is 0 Å². The average molecular weight is 422 g/mol. The van der Waals surface area contributed by atoms with E-state index >= 15 is 0 Å². The van der Waals surface area contributed by atoms with Gasteiger partial charge >= 0.3 is 0 Å². The van der Waals surface area contributed by atoms with E-state index in [2.05, 4.69) is 60.6 Å². The van der Waals surface area contributed by atoms with Crippen molar-refractivity contribution in [3.8, 4) is 11.5 Å². The van der Waals surface area contributed by atoms with Gasteiger partial charge in [-0.2, -0.15) is 0 Å². The predicted molar refractivity (Wildman–Crippen MR) is 126 cm³/mol. The summed E-state index contributed by atoms with van der Waals surface area (Å²) in [4.78, 5) is 7.53. The molecule has 1 fully saturated rings. The second kappa shape index (κ2) is 10.2. The van der Waals surface area contributed by atoms with Gasteiger partial charge in [-0.1, -0.05) is 31.5 Å². The number of hydrogen-bond donors (Lipinski definition) is 0. The highest BCUT2D eigenvalue weighted by atomic mass is 16.5. The van der Waals surface area contributed by atoms with E-state index in [1.54, 1.807) is 0 Å². The molecule has 3 aromatic rings. The van der Waals surface area contributed by atoms with Crippen LogP contribution in [0.4, 0.5) is 0 Å². The number of aryl methyl sites for hydroxylation is 2. The van der Waals surface area contributed by atoms with Gasteiger partial charge in [0.15, 0.2) is 0 Å². The smallest absolute Gasteiger partial charge is 0.125 e. The summed E-state index contributed by atoms with van der Waals surface area (Å²) >= 11 is 0. The lowest BCUT2D eigenvalue weighted by atomic mass is 10.1. The fraction of sp³-hybridized carbons (Fsp3) is 0.500. The normalized spacial score (nSPS) is 14.8. The van der Waals surface area contributed by atoms with Gasteiger partial charge in [0.2, 0.25) is 0 Å². The van der Waals surface area contributed by atoms with Crippen molar-refractivity contribution < 1.29 is 9.47 Å². The van der Waals surface area contributed by atoms with Gasteiger partial charge < -0.3 is 14.0 Å². The maximum Gasteiger partial charge on any atom is 0.125 e. The van der Waals surface area contributed by atoms with Gasteiger partial charge in [-0.3, -0.25) is 4.90 Å². The Morgan fingerprint density at radius 3 is 2.45 bits per heavy atom. The van der Waals surface area contributed by atoms with Crippen LogP contribution < -0.4 is 9.47 Å². The largest absolute Gasteiger partial charge is 0.494 e. The molecule has 0 amide bonds. The third-order valence-corrected chi connectivity index (χ3v) is 6.06. The van der Waals surface area contributed by atoms with E-state index in [4.69, 9.17) is 14.5 Å². The minimum absolute atomic E-state index is 0.615.